The Morgan fingerprint density at radius 3 is 2.36 bits per heavy atom. The van der Waals surface area contributed by atoms with E-state index in [0.29, 0.717) is 25.4 Å². The number of hydrogen-bond acceptors (Lipinski definition) is 2. The van der Waals surface area contributed by atoms with E-state index in [0.717, 1.165) is 44.6 Å². The van der Waals surface area contributed by atoms with E-state index in [1.54, 1.807) is 6.07 Å². The molecule has 2 aromatic rings. The summed E-state index contributed by atoms with van der Waals surface area (Å²) in [7, 11) is 0. The molecule has 2 aromatic carbocycles. The summed E-state index contributed by atoms with van der Waals surface area (Å²) in [5.41, 5.74) is 0.321. The number of allylic oxidation sites excluding steroid dienone is 1. The molecule has 1 aliphatic heterocycles. The molecule has 2 nitrogen and oxygen atoms in total. The Morgan fingerprint density at radius 1 is 0.929 bits per heavy atom. The highest BCUT2D eigenvalue weighted by molar-refractivity contribution is 5.66. The third kappa shape index (κ3) is 8.36. The summed E-state index contributed by atoms with van der Waals surface area (Å²) in [5, 5.41) is 0. The maximum absolute atomic E-state index is 15.2. The van der Waals surface area contributed by atoms with E-state index in [1.807, 2.05) is 6.08 Å². The summed E-state index contributed by atoms with van der Waals surface area (Å²) in [6, 6.07) is 6.66. The van der Waals surface area contributed by atoms with Crippen LogP contribution in [-0.4, -0.2) is 31.7 Å². The summed E-state index contributed by atoms with van der Waals surface area (Å²) in [4.78, 5) is 0. The van der Waals surface area contributed by atoms with E-state index in [1.165, 1.54) is 43.9 Å². The van der Waals surface area contributed by atoms with Gasteiger partial charge in [0.2, 0.25) is 0 Å². The van der Waals surface area contributed by atoms with Gasteiger partial charge in [0, 0.05) is 11.5 Å². The van der Waals surface area contributed by atoms with Gasteiger partial charge < -0.3 is 9.47 Å². The molecular weight excluding hydrogens is 547 g/mol. The summed E-state index contributed by atoms with van der Waals surface area (Å²) in [6.07, 6.45) is 9.70. The van der Waals surface area contributed by atoms with Gasteiger partial charge >= 0.3 is 0 Å². The quantitative estimate of drug-likeness (QED) is 0.123. The van der Waals surface area contributed by atoms with Gasteiger partial charge in [0.05, 0.1) is 12.7 Å². The number of halogens is 5. The van der Waals surface area contributed by atoms with Crippen molar-refractivity contribution in [2.45, 2.75) is 108 Å². The van der Waals surface area contributed by atoms with Gasteiger partial charge in [-0.1, -0.05) is 63.3 Å². The van der Waals surface area contributed by atoms with Crippen LogP contribution in [-0.2, 0) is 4.74 Å². The van der Waals surface area contributed by atoms with Gasteiger partial charge in [0.15, 0.2) is 29.4 Å². The molecule has 4 unspecified atom stereocenters. The second-order valence-electron chi connectivity index (χ2n) is 12.1. The van der Waals surface area contributed by atoms with Crippen molar-refractivity contribution in [3.8, 4) is 16.9 Å². The fraction of sp³-hybridized carbons (Fsp3) is 0.600. The van der Waals surface area contributed by atoms with Crippen LogP contribution in [0.3, 0.4) is 0 Å². The minimum atomic E-state index is -1.89. The van der Waals surface area contributed by atoms with Gasteiger partial charge in [-0.15, -0.1) is 6.58 Å². The van der Waals surface area contributed by atoms with Crippen molar-refractivity contribution >= 4 is 0 Å². The third-order valence-electron chi connectivity index (χ3n) is 9.14. The molecule has 4 atom stereocenters. The van der Waals surface area contributed by atoms with Gasteiger partial charge in [-0.25, -0.2) is 22.0 Å². The lowest BCUT2D eigenvalue weighted by molar-refractivity contribution is -0.00283. The van der Waals surface area contributed by atoms with Crippen molar-refractivity contribution in [2.75, 3.05) is 13.2 Å². The number of ether oxygens (including phenoxy) is 2. The fourth-order valence-electron chi connectivity index (χ4n) is 6.40. The lowest BCUT2D eigenvalue weighted by Crippen LogP contribution is -2.33. The molecule has 1 saturated heterocycles. The highest BCUT2D eigenvalue weighted by Crippen LogP contribution is 2.37. The lowest BCUT2D eigenvalue weighted by atomic mass is 9.79. The van der Waals surface area contributed by atoms with Gasteiger partial charge in [0.25, 0.3) is 0 Å². The molecule has 0 aromatic heterocycles. The van der Waals surface area contributed by atoms with Crippen molar-refractivity contribution < 1.29 is 31.4 Å². The molecule has 0 bridgehead atoms. The van der Waals surface area contributed by atoms with Crippen molar-refractivity contribution in [1.29, 1.82) is 0 Å². The number of unbranched alkanes of at least 4 members (excludes halogenated alkanes) is 4. The second-order valence-corrected chi connectivity index (χ2v) is 12.1. The molecule has 4 rings (SSSR count). The highest BCUT2D eigenvalue weighted by atomic mass is 19.2. The maximum Gasteiger partial charge on any atom is 0.166 e. The normalized spacial score (nSPS) is 24.2. The molecule has 42 heavy (non-hydrogen) atoms. The first-order valence-electron chi connectivity index (χ1n) is 15.7. The first kappa shape index (κ1) is 32.5. The van der Waals surface area contributed by atoms with Crippen molar-refractivity contribution in [3.63, 3.8) is 0 Å². The average molecular weight is 593 g/mol. The SMILES string of the molecule is C=CC1CCC(C(F)C(F)COc2ccc(-c3ccc(C4CCC(CCCCCCC)OC4)c(F)c3F)cc2F)CC1. The molecule has 1 saturated carbocycles. The van der Waals surface area contributed by atoms with Crippen molar-refractivity contribution in [2.24, 2.45) is 11.8 Å². The molecule has 7 heteroatoms. The van der Waals surface area contributed by atoms with E-state index >= 15 is 8.78 Å². The zero-order chi connectivity index (χ0) is 30.1. The molecule has 0 radical (unpaired) electrons. The summed E-state index contributed by atoms with van der Waals surface area (Å²) < 4.78 is 85.7. The summed E-state index contributed by atoms with van der Waals surface area (Å²) in [6.45, 7) is 5.68. The first-order chi connectivity index (χ1) is 20.3. The van der Waals surface area contributed by atoms with E-state index in [2.05, 4.69) is 13.5 Å². The van der Waals surface area contributed by atoms with Crippen LogP contribution in [0.15, 0.2) is 43.0 Å². The van der Waals surface area contributed by atoms with E-state index in [9.17, 15) is 13.2 Å². The van der Waals surface area contributed by atoms with Crippen LogP contribution in [0.2, 0.25) is 0 Å². The van der Waals surface area contributed by atoms with Crippen LogP contribution in [0.25, 0.3) is 11.1 Å². The minimum Gasteiger partial charge on any atom is -0.487 e. The maximum atomic E-state index is 15.2. The molecule has 2 aliphatic rings. The van der Waals surface area contributed by atoms with Gasteiger partial charge in [0.1, 0.15) is 12.8 Å². The predicted octanol–water partition coefficient (Wildman–Crippen LogP) is 10.4. The zero-order valence-corrected chi connectivity index (χ0v) is 24.7. The van der Waals surface area contributed by atoms with Crippen molar-refractivity contribution in [3.05, 3.63) is 66.0 Å². The number of alkyl halides is 2. The molecular formula is C35H45F5O2. The van der Waals surface area contributed by atoms with Crippen LogP contribution in [0.1, 0.15) is 95.5 Å². The molecule has 2 fully saturated rings. The van der Waals surface area contributed by atoms with Gasteiger partial charge in [-0.2, -0.15) is 0 Å². The Balaban J connectivity index is 1.31. The average Bonchev–Trinajstić information content (AvgIpc) is 3.01. The van der Waals surface area contributed by atoms with Crippen LogP contribution < -0.4 is 4.74 Å². The van der Waals surface area contributed by atoms with E-state index in [4.69, 9.17) is 9.47 Å². The molecule has 1 aliphatic carbocycles. The third-order valence-corrected chi connectivity index (χ3v) is 9.14. The number of benzene rings is 2. The Hall–Kier alpha value is -2.41. The minimum absolute atomic E-state index is 0.0781. The predicted molar refractivity (Wildman–Crippen MR) is 158 cm³/mol. The largest absolute Gasteiger partial charge is 0.487 e. The summed E-state index contributed by atoms with van der Waals surface area (Å²) >= 11 is 0. The lowest BCUT2D eigenvalue weighted by Gasteiger charge is -2.30. The zero-order valence-electron chi connectivity index (χ0n) is 24.7. The molecule has 0 spiro atoms. The van der Waals surface area contributed by atoms with Crippen LogP contribution in [0.5, 0.6) is 5.75 Å². The van der Waals surface area contributed by atoms with Crippen LogP contribution in [0.4, 0.5) is 22.0 Å². The van der Waals surface area contributed by atoms with Crippen LogP contribution in [0, 0.1) is 29.3 Å². The smallest absolute Gasteiger partial charge is 0.166 e. The van der Waals surface area contributed by atoms with E-state index < -0.39 is 42.3 Å². The standard InChI is InChI=1S/C35H45F5O2/c1-3-5-6-7-8-9-27-16-14-26(21-41-27)29-18-17-28(34(39)35(29)40)25-15-19-32(30(36)20-25)42-22-31(37)33(38)24-12-10-23(4-2)11-13-24/h4,15,17-20,23-24,26-27,31,33H,2-3,5-14,16,21-22H2,1H3. The van der Waals surface area contributed by atoms with Crippen LogP contribution >= 0.6 is 0 Å². The Bertz CT molecular complexity index is 1140. The highest BCUT2D eigenvalue weighted by Gasteiger charge is 2.33. The number of hydrogen-bond donors (Lipinski definition) is 0. The Kier molecular flexibility index (Phi) is 12.3. The molecule has 232 valence electrons. The monoisotopic (exact) mass is 592 g/mol. The molecule has 0 amide bonds. The van der Waals surface area contributed by atoms with Gasteiger partial charge in [-0.05, 0) is 80.0 Å². The second kappa shape index (κ2) is 15.9. The first-order valence-corrected chi connectivity index (χ1v) is 15.7. The van der Waals surface area contributed by atoms with Crippen molar-refractivity contribution in [1.82, 2.24) is 0 Å². The fourth-order valence-corrected chi connectivity index (χ4v) is 6.40. The number of rotatable bonds is 14. The van der Waals surface area contributed by atoms with Gasteiger partial charge in [-0.3, -0.25) is 0 Å². The molecule has 1 heterocycles. The Morgan fingerprint density at radius 2 is 1.69 bits per heavy atom. The van der Waals surface area contributed by atoms with E-state index in [-0.39, 0.29) is 34.5 Å². The topological polar surface area (TPSA) is 18.5 Å². The Labute approximate surface area is 247 Å². The molecule has 0 N–H and O–H groups in total. The summed E-state index contributed by atoms with van der Waals surface area (Å²) in [5.74, 6) is -3.40.